The Balaban J connectivity index is 2.97. The van der Waals surface area contributed by atoms with Gasteiger partial charge in [-0.3, -0.25) is 10.1 Å². The van der Waals surface area contributed by atoms with Crippen molar-refractivity contribution in [1.82, 2.24) is 4.98 Å². The number of carboxylic acid groups (broad SMARTS) is 1. The van der Waals surface area contributed by atoms with Crippen LogP contribution in [0.15, 0.2) is 12.3 Å². The van der Waals surface area contributed by atoms with Crippen molar-refractivity contribution < 1.29 is 19.2 Å². The highest BCUT2D eigenvalue weighted by Crippen LogP contribution is 2.20. The van der Waals surface area contributed by atoms with Crippen molar-refractivity contribution >= 4 is 17.5 Å². The lowest BCUT2D eigenvalue weighted by Crippen LogP contribution is -2.36. The molecule has 0 spiro atoms. The number of carboxylic acids is 1. The molecule has 19 heavy (non-hydrogen) atoms. The highest BCUT2D eigenvalue weighted by Gasteiger charge is 2.25. The van der Waals surface area contributed by atoms with E-state index in [2.05, 4.69) is 10.3 Å². The van der Waals surface area contributed by atoms with E-state index in [0.29, 0.717) is 12.5 Å². The number of nitro groups is 1. The van der Waals surface area contributed by atoms with Gasteiger partial charge in [-0.1, -0.05) is 20.3 Å². The summed E-state index contributed by atoms with van der Waals surface area (Å²) in [5.41, 5.74) is -0.488. The lowest BCUT2D eigenvalue weighted by atomic mass is 9.99. The Morgan fingerprint density at radius 2 is 2.32 bits per heavy atom. The maximum absolute atomic E-state index is 13.6. The van der Waals surface area contributed by atoms with Gasteiger partial charge in [-0.15, -0.1) is 0 Å². The molecule has 0 amide bonds. The van der Waals surface area contributed by atoms with Gasteiger partial charge in [0.2, 0.25) is 0 Å². The summed E-state index contributed by atoms with van der Waals surface area (Å²) < 4.78 is 13.6. The van der Waals surface area contributed by atoms with Crippen molar-refractivity contribution in [3.8, 4) is 0 Å². The number of anilines is 1. The third kappa shape index (κ3) is 3.60. The number of carbonyl (C=O) groups is 1. The van der Waals surface area contributed by atoms with Crippen LogP contribution in [-0.2, 0) is 4.79 Å². The van der Waals surface area contributed by atoms with Crippen LogP contribution in [0, 0.1) is 21.8 Å². The first-order valence-corrected chi connectivity index (χ1v) is 5.66. The average molecular weight is 271 g/mol. The van der Waals surface area contributed by atoms with Crippen molar-refractivity contribution in [2.24, 2.45) is 5.92 Å². The second kappa shape index (κ2) is 6.07. The Morgan fingerprint density at radius 1 is 1.68 bits per heavy atom. The molecule has 0 aliphatic carbocycles. The van der Waals surface area contributed by atoms with Gasteiger partial charge in [-0.05, 0) is 5.92 Å². The van der Waals surface area contributed by atoms with Crippen LogP contribution in [0.5, 0.6) is 0 Å². The summed E-state index contributed by atoms with van der Waals surface area (Å²) in [6, 6.07) is -0.307. The maximum atomic E-state index is 13.6. The monoisotopic (exact) mass is 271 g/mol. The van der Waals surface area contributed by atoms with E-state index in [1.165, 1.54) is 0 Å². The Bertz CT molecular complexity index is 495. The molecule has 0 unspecified atom stereocenters. The standard InChI is InChI=1S/C11H14FN3O4/c1-3-6(2)9(11(16)17)14-10-8(12)4-7(5-13-10)15(18)19/h4-6,9H,3H2,1-2H3,(H,13,14)(H,16,17)/t6-,9-/m0/s1. The molecule has 0 saturated carbocycles. The second-order valence-corrected chi connectivity index (χ2v) is 4.13. The summed E-state index contributed by atoms with van der Waals surface area (Å²) >= 11 is 0. The minimum atomic E-state index is -1.13. The highest BCUT2D eigenvalue weighted by atomic mass is 19.1. The zero-order valence-electron chi connectivity index (χ0n) is 10.5. The van der Waals surface area contributed by atoms with Gasteiger partial charge in [0.15, 0.2) is 11.6 Å². The minimum absolute atomic E-state index is 0.242. The van der Waals surface area contributed by atoms with Crippen LogP contribution in [0.2, 0.25) is 0 Å². The van der Waals surface area contributed by atoms with Crippen LogP contribution in [0.25, 0.3) is 0 Å². The molecule has 0 bridgehead atoms. The average Bonchev–Trinajstić information content (AvgIpc) is 2.35. The van der Waals surface area contributed by atoms with E-state index in [1.807, 2.05) is 6.92 Å². The van der Waals surface area contributed by atoms with Gasteiger partial charge in [0.05, 0.1) is 11.0 Å². The predicted octanol–water partition coefficient (Wildman–Crippen LogP) is 2.04. The first-order chi connectivity index (χ1) is 8.86. The fourth-order valence-electron chi connectivity index (χ4n) is 1.46. The van der Waals surface area contributed by atoms with Gasteiger partial charge in [0.25, 0.3) is 5.69 Å². The van der Waals surface area contributed by atoms with Crippen molar-refractivity contribution in [3.63, 3.8) is 0 Å². The first kappa shape index (κ1) is 14.8. The van der Waals surface area contributed by atoms with E-state index in [4.69, 9.17) is 5.11 Å². The van der Waals surface area contributed by atoms with Crippen LogP contribution in [0.3, 0.4) is 0 Å². The maximum Gasteiger partial charge on any atom is 0.326 e. The fraction of sp³-hybridized carbons (Fsp3) is 0.455. The van der Waals surface area contributed by atoms with E-state index in [1.54, 1.807) is 6.92 Å². The number of nitrogens with one attached hydrogen (secondary N) is 1. The van der Waals surface area contributed by atoms with Gasteiger partial charge in [-0.2, -0.15) is 0 Å². The van der Waals surface area contributed by atoms with Crippen LogP contribution in [-0.4, -0.2) is 27.0 Å². The van der Waals surface area contributed by atoms with Crippen LogP contribution in [0.1, 0.15) is 20.3 Å². The van der Waals surface area contributed by atoms with Crippen LogP contribution >= 0.6 is 0 Å². The molecule has 8 heteroatoms. The van der Waals surface area contributed by atoms with Crippen molar-refractivity contribution in [3.05, 3.63) is 28.2 Å². The number of nitrogens with zero attached hydrogens (tertiary/aromatic N) is 2. The fourth-order valence-corrected chi connectivity index (χ4v) is 1.46. The van der Waals surface area contributed by atoms with E-state index in [0.717, 1.165) is 6.20 Å². The van der Waals surface area contributed by atoms with Crippen molar-refractivity contribution in [2.75, 3.05) is 5.32 Å². The number of pyridine rings is 1. The number of aromatic nitrogens is 1. The molecule has 0 radical (unpaired) electrons. The molecule has 0 aliphatic rings. The van der Waals surface area contributed by atoms with Crippen LogP contribution in [0.4, 0.5) is 15.9 Å². The topological polar surface area (TPSA) is 105 Å². The number of rotatable bonds is 6. The second-order valence-electron chi connectivity index (χ2n) is 4.13. The molecular weight excluding hydrogens is 257 g/mol. The van der Waals surface area contributed by atoms with Crippen molar-refractivity contribution in [2.45, 2.75) is 26.3 Å². The van der Waals surface area contributed by atoms with Gasteiger partial charge >= 0.3 is 5.97 Å². The molecule has 0 saturated heterocycles. The summed E-state index contributed by atoms with van der Waals surface area (Å²) in [5.74, 6) is -2.63. The molecule has 0 aliphatic heterocycles. The Hall–Kier alpha value is -2.25. The summed E-state index contributed by atoms with van der Waals surface area (Å²) in [6.45, 7) is 3.51. The molecule has 104 valence electrons. The van der Waals surface area contributed by atoms with Gasteiger partial charge in [0.1, 0.15) is 12.2 Å². The molecule has 1 aromatic heterocycles. The third-order valence-corrected chi connectivity index (χ3v) is 2.81. The van der Waals surface area contributed by atoms with E-state index >= 15 is 0 Å². The Kier molecular flexibility index (Phi) is 4.74. The molecule has 2 N–H and O–H groups in total. The summed E-state index contributed by atoms with van der Waals surface area (Å²) in [7, 11) is 0. The Morgan fingerprint density at radius 3 is 2.74 bits per heavy atom. The van der Waals surface area contributed by atoms with Crippen molar-refractivity contribution in [1.29, 1.82) is 0 Å². The molecule has 2 atom stereocenters. The molecule has 1 heterocycles. The predicted molar refractivity (Wildman–Crippen MR) is 65.4 cm³/mol. The quantitative estimate of drug-likeness (QED) is 0.605. The molecule has 1 aromatic rings. The van der Waals surface area contributed by atoms with Crippen LogP contribution < -0.4 is 5.32 Å². The number of halogens is 1. The van der Waals surface area contributed by atoms with Gasteiger partial charge in [-0.25, -0.2) is 14.2 Å². The normalized spacial score (nSPS) is 13.6. The molecular formula is C11H14FN3O4. The summed E-state index contributed by atoms with van der Waals surface area (Å²) in [4.78, 5) is 24.3. The van der Waals surface area contributed by atoms with Gasteiger partial charge < -0.3 is 10.4 Å². The smallest absolute Gasteiger partial charge is 0.326 e. The van der Waals surface area contributed by atoms with E-state index in [-0.39, 0.29) is 11.7 Å². The van der Waals surface area contributed by atoms with E-state index < -0.39 is 28.4 Å². The molecule has 0 fully saturated rings. The highest BCUT2D eigenvalue weighted by molar-refractivity contribution is 5.77. The number of hydrogen-bond donors (Lipinski definition) is 2. The van der Waals surface area contributed by atoms with E-state index in [9.17, 15) is 19.3 Å². The minimum Gasteiger partial charge on any atom is -0.480 e. The number of aliphatic carboxylic acids is 1. The van der Waals surface area contributed by atoms with Gasteiger partial charge in [0, 0.05) is 0 Å². The largest absolute Gasteiger partial charge is 0.480 e. The molecule has 0 aromatic carbocycles. The lowest BCUT2D eigenvalue weighted by Gasteiger charge is -2.20. The lowest BCUT2D eigenvalue weighted by molar-refractivity contribution is -0.385. The zero-order valence-corrected chi connectivity index (χ0v) is 10.5. The summed E-state index contributed by atoms with van der Waals surface area (Å²) in [6.07, 6.45) is 1.46. The number of hydrogen-bond acceptors (Lipinski definition) is 5. The summed E-state index contributed by atoms with van der Waals surface area (Å²) in [5, 5.41) is 21.9. The zero-order chi connectivity index (χ0) is 14.6. The first-order valence-electron chi connectivity index (χ1n) is 5.66. The SMILES string of the molecule is CC[C@H](C)[C@H](Nc1ncc([N+](=O)[O-])cc1F)C(=O)O. The Labute approximate surface area is 108 Å². The molecule has 7 nitrogen and oxygen atoms in total. The molecule has 1 rings (SSSR count). The third-order valence-electron chi connectivity index (χ3n) is 2.81.